The van der Waals surface area contributed by atoms with Gasteiger partial charge in [-0.05, 0) is 24.0 Å². The lowest BCUT2D eigenvalue weighted by atomic mass is 9.96. The molecule has 2 unspecified atom stereocenters. The minimum Gasteiger partial charge on any atom is -0.282 e. The Morgan fingerprint density at radius 3 is 2.44 bits per heavy atom. The minimum absolute atomic E-state index is 0.559. The molecule has 0 amide bonds. The molecule has 0 saturated carbocycles. The Balaban J connectivity index is 1.95. The molecule has 1 heteroatoms. The predicted molar refractivity (Wildman–Crippen MR) is 67.2 cm³/mol. The molecule has 0 aliphatic carbocycles. The topological polar surface area (TPSA) is 3.01 Å². The van der Waals surface area contributed by atoms with E-state index in [1.807, 2.05) is 12.2 Å². The van der Waals surface area contributed by atoms with E-state index < -0.39 is 0 Å². The maximum Gasteiger partial charge on any atom is 0.0520 e. The standard InChI is InChI=1S/C15H17N/c1-3-7-13-11-9-5-6-10-12(11)15-14(8-4-2)16(13)15/h3-6,9-10,13-15H,1-2,7-8H2/t13-,14-,15?,16?/m1/s1. The Morgan fingerprint density at radius 1 is 1.06 bits per heavy atom. The van der Waals surface area contributed by atoms with E-state index in [2.05, 4.69) is 42.3 Å². The van der Waals surface area contributed by atoms with Crippen LogP contribution in [0.1, 0.15) is 36.1 Å². The maximum absolute atomic E-state index is 3.87. The molecule has 2 aliphatic rings. The molecule has 16 heavy (non-hydrogen) atoms. The van der Waals surface area contributed by atoms with Crippen molar-refractivity contribution >= 4 is 0 Å². The van der Waals surface area contributed by atoms with E-state index in [1.54, 1.807) is 0 Å². The molecule has 0 aromatic heterocycles. The number of rotatable bonds is 4. The first kappa shape index (κ1) is 9.86. The van der Waals surface area contributed by atoms with Crippen molar-refractivity contribution in [1.29, 1.82) is 0 Å². The Hall–Kier alpha value is -1.34. The molecule has 2 heterocycles. The van der Waals surface area contributed by atoms with Gasteiger partial charge in [0.15, 0.2) is 0 Å². The summed E-state index contributed by atoms with van der Waals surface area (Å²) in [6.07, 6.45) is 6.23. The zero-order valence-corrected chi connectivity index (χ0v) is 9.47. The molecule has 0 spiro atoms. The van der Waals surface area contributed by atoms with Crippen molar-refractivity contribution in [2.24, 2.45) is 0 Å². The highest BCUT2D eigenvalue weighted by atomic mass is 15.4. The summed E-state index contributed by atoms with van der Waals surface area (Å²) >= 11 is 0. The van der Waals surface area contributed by atoms with Gasteiger partial charge in [-0.1, -0.05) is 36.4 Å². The summed E-state index contributed by atoms with van der Waals surface area (Å²) in [7, 11) is 0. The summed E-state index contributed by atoms with van der Waals surface area (Å²) in [6.45, 7) is 7.72. The van der Waals surface area contributed by atoms with Crippen molar-refractivity contribution in [3.05, 3.63) is 60.7 Å². The lowest BCUT2D eigenvalue weighted by molar-refractivity contribution is 0.385. The molecular weight excluding hydrogens is 194 g/mol. The summed E-state index contributed by atoms with van der Waals surface area (Å²) in [6, 6.07) is 10.7. The van der Waals surface area contributed by atoms with Crippen LogP contribution in [0.15, 0.2) is 49.6 Å². The fourth-order valence-electron chi connectivity index (χ4n) is 3.16. The first-order valence-electron chi connectivity index (χ1n) is 5.96. The Bertz CT molecular complexity index is 435. The van der Waals surface area contributed by atoms with Crippen molar-refractivity contribution in [3.63, 3.8) is 0 Å². The Labute approximate surface area is 97.1 Å². The second kappa shape index (κ2) is 3.60. The van der Waals surface area contributed by atoms with E-state index in [0.717, 1.165) is 12.8 Å². The second-order valence-corrected chi connectivity index (χ2v) is 4.65. The van der Waals surface area contributed by atoms with Crippen LogP contribution in [0.25, 0.3) is 0 Å². The van der Waals surface area contributed by atoms with E-state index in [0.29, 0.717) is 18.1 Å². The van der Waals surface area contributed by atoms with Crippen molar-refractivity contribution in [2.45, 2.75) is 31.0 Å². The fourth-order valence-corrected chi connectivity index (χ4v) is 3.16. The van der Waals surface area contributed by atoms with Crippen molar-refractivity contribution < 1.29 is 0 Å². The number of nitrogens with zero attached hydrogens (tertiary/aromatic N) is 1. The van der Waals surface area contributed by atoms with Crippen LogP contribution in [0.4, 0.5) is 0 Å². The van der Waals surface area contributed by atoms with E-state index >= 15 is 0 Å². The van der Waals surface area contributed by atoms with E-state index in [1.165, 1.54) is 11.1 Å². The monoisotopic (exact) mass is 211 g/mol. The average molecular weight is 211 g/mol. The summed E-state index contributed by atoms with van der Waals surface area (Å²) in [4.78, 5) is 2.61. The summed E-state index contributed by atoms with van der Waals surface area (Å²) < 4.78 is 0. The van der Waals surface area contributed by atoms with Gasteiger partial charge < -0.3 is 0 Å². The highest BCUT2D eigenvalue weighted by Gasteiger charge is 2.56. The van der Waals surface area contributed by atoms with Gasteiger partial charge in [0.2, 0.25) is 0 Å². The number of hydrogen-bond acceptors (Lipinski definition) is 1. The smallest absolute Gasteiger partial charge is 0.0520 e. The van der Waals surface area contributed by atoms with Gasteiger partial charge in [0.05, 0.1) is 6.04 Å². The first-order valence-corrected chi connectivity index (χ1v) is 5.96. The SMILES string of the molecule is C=CC[C@@H]1c2ccccc2C2[C@@H](CC=C)N21. The quantitative estimate of drug-likeness (QED) is 0.543. The molecule has 3 rings (SSSR count). The molecule has 4 atom stereocenters. The van der Waals surface area contributed by atoms with Crippen LogP contribution >= 0.6 is 0 Å². The van der Waals surface area contributed by atoms with Gasteiger partial charge in [-0.25, -0.2) is 0 Å². The Kier molecular flexibility index (Phi) is 2.22. The molecule has 82 valence electrons. The predicted octanol–water partition coefficient (Wildman–Crippen LogP) is 3.62. The lowest BCUT2D eigenvalue weighted by Crippen LogP contribution is -2.10. The zero-order chi connectivity index (χ0) is 11.1. The normalized spacial score (nSPS) is 34.0. The zero-order valence-electron chi connectivity index (χ0n) is 9.47. The van der Waals surface area contributed by atoms with E-state index in [-0.39, 0.29) is 0 Å². The van der Waals surface area contributed by atoms with E-state index in [9.17, 15) is 0 Å². The third kappa shape index (κ3) is 1.21. The van der Waals surface area contributed by atoms with Gasteiger partial charge in [-0.3, -0.25) is 4.90 Å². The molecule has 0 radical (unpaired) electrons. The molecule has 1 aromatic rings. The molecule has 1 nitrogen and oxygen atoms in total. The number of benzene rings is 1. The first-order chi connectivity index (χ1) is 7.88. The van der Waals surface area contributed by atoms with Gasteiger partial charge in [-0.15, -0.1) is 13.2 Å². The largest absolute Gasteiger partial charge is 0.282 e. The molecule has 2 aliphatic heterocycles. The Morgan fingerprint density at radius 2 is 1.75 bits per heavy atom. The number of hydrogen-bond donors (Lipinski definition) is 0. The van der Waals surface area contributed by atoms with Gasteiger partial charge in [0, 0.05) is 12.1 Å². The molecule has 0 N–H and O–H groups in total. The third-order valence-corrected chi connectivity index (χ3v) is 3.81. The van der Waals surface area contributed by atoms with Crippen LogP contribution in [-0.4, -0.2) is 10.9 Å². The van der Waals surface area contributed by atoms with Gasteiger partial charge in [-0.2, -0.15) is 0 Å². The summed E-state index contributed by atoms with van der Waals surface area (Å²) in [5, 5.41) is 0. The van der Waals surface area contributed by atoms with Crippen molar-refractivity contribution in [3.8, 4) is 0 Å². The van der Waals surface area contributed by atoms with Crippen LogP contribution in [0.2, 0.25) is 0 Å². The van der Waals surface area contributed by atoms with Crippen molar-refractivity contribution in [2.75, 3.05) is 0 Å². The van der Waals surface area contributed by atoms with Gasteiger partial charge >= 0.3 is 0 Å². The summed E-state index contributed by atoms with van der Waals surface area (Å²) in [5.41, 5.74) is 3.04. The third-order valence-electron chi connectivity index (χ3n) is 3.81. The van der Waals surface area contributed by atoms with Gasteiger partial charge in [0.1, 0.15) is 0 Å². The van der Waals surface area contributed by atoms with Crippen LogP contribution in [0.5, 0.6) is 0 Å². The highest BCUT2D eigenvalue weighted by molar-refractivity contribution is 5.44. The van der Waals surface area contributed by atoms with Crippen molar-refractivity contribution in [1.82, 2.24) is 4.90 Å². The highest BCUT2D eigenvalue weighted by Crippen LogP contribution is 2.59. The maximum atomic E-state index is 3.87. The molecule has 1 saturated heterocycles. The average Bonchev–Trinajstić information content (AvgIpc) is 2.90. The minimum atomic E-state index is 0.559. The fraction of sp³-hybridized carbons (Fsp3) is 0.333. The van der Waals surface area contributed by atoms with Crippen LogP contribution in [0, 0.1) is 0 Å². The molecular formula is C15H17N. The van der Waals surface area contributed by atoms with Gasteiger partial charge in [0.25, 0.3) is 0 Å². The van der Waals surface area contributed by atoms with Crippen LogP contribution in [-0.2, 0) is 0 Å². The van der Waals surface area contributed by atoms with Crippen LogP contribution < -0.4 is 0 Å². The molecule has 0 bridgehead atoms. The van der Waals surface area contributed by atoms with Crippen LogP contribution in [0.3, 0.4) is 0 Å². The van der Waals surface area contributed by atoms with E-state index in [4.69, 9.17) is 0 Å². The molecule has 1 fully saturated rings. The number of fused-ring (bicyclic) bond motifs is 3. The summed E-state index contributed by atoms with van der Waals surface area (Å²) in [5.74, 6) is 0. The lowest BCUT2D eigenvalue weighted by Gasteiger charge is -2.16. The molecule has 1 aromatic carbocycles. The second-order valence-electron chi connectivity index (χ2n) is 4.65.